The third-order valence-corrected chi connectivity index (χ3v) is 4.14. The van der Waals surface area contributed by atoms with Crippen molar-refractivity contribution in [2.75, 3.05) is 0 Å². The van der Waals surface area contributed by atoms with E-state index >= 15 is 0 Å². The number of aryl methyl sites for hydroxylation is 3. The summed E-state index contributed by atoms with van der Waals surface area (Å²) in [4.78, 5) is 4.67. The Morgan fingerprint density at radius 1 is 0.828 bits per heavy atom. The van der Waals surface area contributed by atoms with E-state index in [0.29, 0.717) is 0 Å². The molecule has 0 aliphatic rings. The molecule has 0 spiro atoms. The van der Waals surface area contributed by atoms with Gasteiger partial charge in [-0.15, -0.1) is 0 Å². The molecule has 0 atom stereocenters. The summed E-state index contributed by atoms with van der Waals surface area (Å²) in [5.41, 5.74) is 0. The molecule has 0 bridgehead atoms. The van der Waals surface area contributed by atoms with Crippen molar-refractivity contribution in [2.45, 2.75) is 78.9 Å². The maximum absolute atomic E-state index is 10.7. The number of unbranched alkanes of at least 4 members (excludes halogenated alkanes) is 3. The first-order valence-electron chi connectivity index (χ1n) is 9.93. The molecule has 2 aromatic rings. The molecule has 0 saturated carbocycles. The van der Waals surface area contributed by atoms with Gasteiger partial charge < -0.3 is 4.57 Å². The molecule has 0 fully saturated rings. The quantitative estimate of drug-likeness (QED) is 0.211. The van der Waals surface area contributed by atoms with Gasteiger partial charge in [0.15, 0.2) is 0 Å². The van der Waals surface area contributed by atoms with Crippen LogP contribution in [0, 0.1) is 0 Å². The van der Waals surface area contributed by atoms with Crippen LogP contribution in [-0.2, 0) is 19.6 Å². The van der Waals surface area contributed by atoms with Crippen LogP contribution < -0.4 is 4.57 Å². The fourth-order valence-electron chi connectivity index (χ4n) is 2.77. The summed E-state index contributed by atoms with van der Waals surface area (Å²) in [5.74, 6) is 2.38. The van der Waals surface area contributed by atoms with Crippen LogP contribution in [0.15, 0.2) is 24.8 Å². The summed E-state index contributed by atoms with van der Waals surface area (Å²) < 4.78 is 66.3. The molecule has 29 heavy (non-hydrogen) atoms. The summed E-state index contributed by atoms with van der Waals surface area (Å²) in [5, 5.41) is 0. The molecule has 170 valence electrons. The van der Waals surface area contributed by atoms with Crippen LogP contribution >= 0.6 is 7.81 Å². The van der Waals surface area contributed by atoms with Gasteiger partial charge in [0.1, 0.15) is 12.4 Å². The number of halogens is 6. The van der Waals surface area contributed by atoms with E-state index in [2.05, 4.69) is 58.0 Å². The molecule has 2 rings (SSSR count). The van der Waals surface area contributed by atoms with Crippen LogP contribution in [0.5, 0.6) is 0 Å². The molecule has 2 aromatic heterocycles. The zero-order valence-corrected chi connectivity index (χ0v) is 18.1. The van der Waals surface area contributed by atoms with E-state index in [1.165, 1.54) is 44.3 Å². The molecule has 0 aliphatic heterocycles. The number of aromatic nitrogens is 4. The fourth-order valence-corrected chi connectivity index (χ4v) is 2.77. The van der Waals surface area contributed by atoms with Crippen molar-refractivity contribution in [3.63, 3.8) is 0 Å². The standard InChI is InChI=1S/C18H31N4.F6P/c1-4-7-11-20-14-10-19-17(20)18-21(12-8-5-2)15-16-22(18)13-9-6-3;1-7(2,3,4,5)6/h10,14-16H,4-9,11-13H2,1-3H3;/q+1;-1. The Morgan fingerprint density at radius 3 is 1.86 bits per heavy atom. The number of hydrogen-bond donors (Lipinski definition) is 0. The first-order chi connectivity index (χ1) is 13.3. The van der Waals surface area contributed by atoms with Crippen molar-refractivity contribution in [1.82, 2.24) is 14.1 Å². The fraction of sp³-hybridized carbons (Fsp3) is 0.667. The van der Waals surface area contributed by atoms with Crippen LogP contribution in [0.4, 0.5) is 25.2 Å². The van der Waals surface area contributed by atoms with Crippen molar-refractivity contribution >= 4 is 7.81 Å². The first-order valence-corrected chi connectivity index (χ1v) is 12.0. The number of rotatable bonds is 10. The van der Waals surface area contributed by atoms with Gasteiger partial charge in [0, 0.05) is 18.9 Å². The summed E-state index contributed by atoms with van der Waals surface area (Å²) in [6, 6.07) is 0. The van der Waals surface area contributed by atoms with E-state index in [0.717, 1.165) is 25.5 Å². The van der Waals surface area contributed by atoms with Gasteiger partial charge in [-0.3, -0.25) is 0 Å². The van der Waals surface area contributed by atoms with Crippen molar-refractivity contribution in [2.24, 2.45) is 0 Å². The Hall–Kier alpha value is -1.57. The monoisotopic (exact) mass is 448 g/mol. The zero-order chi connectivity index (χ0) is 22.2. The molecule has 0 N–H and O–H groups in total. The van der Waals surface area contributed by atoms with Gasteiger partial charge in [0.2, 0.25) is 5.82 Å². The second-order valence-corrected chi connectivity index (χ2v) is 8.89. The summed E-state index contributed by atoms with van der Waals surface area (Å²) in [6.07, 6.45) is 15.8. The van der Waals surface area contributed by atoms with Gasteiger partial charge in [-0.2, -0.15) is 0 Å². The minimum atomic E-state index is -10.7. The van der Waals surface area contributed by atoms with E-state index in [9.17, 15) is 25.2 Å². The van der Waals surface area contributed by atoms with Gasteiger partial charge in [-0.1, -0.05) is 40.0 Å². The van der Waals surface area contributed by atoms with Gasteiger partial charge in [-0.25, -0.2) is 14.1 Å². The normalized spacial score (nSPS) is 14.1. The maximum atomic E-state index is 9.87. The van der Waals surface area contributed by atoms with Crippen LogP contribution in [0.1, 0.15) is 59.3 Å². The zero-order valence-electron chi connectivity index (χ0n) is 17.2. The van der Waals surface area contributed by atoms with E-state index < -0.39 is 7.81 Å². The Balaban J connectivity index is 0.000000516. The molecule has 0 radical (unpaired) electrons. The van der Waals surface area contributed by atoms with Crippen molar-refractivity contribution < 1.29 is 29.7 Å². The van der Waals surface area contributed by atoms with Gasteiger partial charge in [0.25, 0.3) is 0 Å². The Morgan fingerprint density at radius 2 is 1.34 bits per heavy atom. The third kappa shape index (κ3) is 11.3. The predicted octanol–water partition coefficient (Wildman–Crippen LogP) is 7.42. The predicted molar refractivity (Wildman–Crippen MR) is 104 cm³/mol. The van der Waals surface area contributed by atoms with Gasteiger partial charge >= 0.3 is 38.8 Å². The Labute approximate surface area is 167 Å². The average molecular weight is 448 g/mol. The molecule has 0 saturated heterocycles. The second kappa shape index (κ2) is 9.49. The van der Waals surface area contributed by atoms with Gasteiger partial charge in [-0.05, 0) is 19.3 Å². The molecule has 0 amide bonds. The summed E-state index contributed by atoms with van der Waals surface area (Å²) in [6.45, 7) is 9.94. The molecule has 0 aromatic carbocycles. The molecule has 2 heterocycles. The SMILES string of the molecule is CCCCn1ccnc1-c1n(CCCC)cc[n+]1CCCC.F[P-](F)(F)(F)(F)F. The molecular weight excluding hydrogens is 417 g/mol. The van der Waals surface area contributed by atoms with Gasteiger partial charge in [0.05, 0.1) is 13.1 Å². The number of imidazole rings is 2. The second-order valence-electron chi connectivity index (χ2n) is 6.97. The number of nitrogens with zero attached hydrogens (tertiary/aromatic N) is 4. The van der Waals surface area contributed by atoms with Crippen molar-refractivity contribution in [3.8, 4) is 11.6 Å². The first kappa shape index (κ1) is 25.5. The summed E-state index contributed by atoms with van der Waals surface area (Å²) in [7, 11) is -10.7. The van der Waals surface area contributed by atoms with Crippen molar-refractivity contribution in [1.29, 1.82) is 0 Å². The molecule has 11 heteroatoms. The molecular formula is C18H31F6N4P. The summed E-state index contributed by atoms with van der Waals surface area (Å²) >= 11 is 0. The van der Waals surface area contributed by atoms with Crippen LogP contribution in [-0.4, -0.2) is 14.1 Å². The molecule has 0 aliphatic carbocycles. The van der Waals surface area contributed by atoms with E-state index in [1.807, 2.05) is 6.20 Å². The van der Waals surface area contributed by atoms with E-state index in [4.69, 9.17) is 0 Å². The van der Waals surface area contributed by atoms with Crippen LogP contribution in [0.2, 0.25) is 0 Å². The van der Waals surface area contributed by atoms with E-state index in [1.54, 1.807) is 0 Å². The average Bonchev–Trinajstić information content (AvgIpc) is 3.19. The molecule has 4 nitrogen and oxygen atoms in total. The third-order valence-electron chi connectivity index (χ3n) is 4.14. The molecule has 0 unspecified atom stereocenters. The Bertz CT molecular complexity index is 715. The minimum absolute atomic E-state index is 1.05. The van der Waals surface area contributed by atoms with Crippen molar-refractivity contribution in [3.05, 3.63) is 24.8 Å². The Kier molecular flexibility index (Phi) is 8.34. The van der Waals surface area contributed by atoms with E-state index in [-0.39, 0.29) is 0 Å². The topological polar surface area (TPSA) is 26.6 Å². The number of hydrogen-bond acceptors (Lipinski definition) is 1. The van der Waals surface area contributed by atoms with Crippen LogP contribution in [0.3, 0.4) is 0 Å². The van der Waals surface area contributed by atoms with Crippen LogP contribution in [0.25, 0.3) is 11.6 Å².